The van der Waals surface area contributed by atoms with Crippen LogP contribution in [0, 0.1) is 0 Å². The van der Waals surface area contributed by atoms with E-state index in [0.717, 1.165) is 19.5 Å². The Balaban J connectivity index is 1.79. The molecule has 1 aromatic carbocycles. The van der Waals surface area contributed by atoms with Gasteiger partial charge in [-0.15, -0.1) is 11.8 Å². The number of hydrogen-bond acceptors (Lipinski definition) is 3. The van der Waals surface area contributed by atoms with Crippen molar-refractivity contribution in [3.05, 3.63) is 29.8 Å². The van der Waals surface area contributed by atoms with Crippen molar-refractivity contribution in [3.8, 4) is 0 Å². The van der Waals surface area contributed by atoms with Crippen LogP contribution in [0.3, 0.4) is 0 Å². The summed E-state index contributed by atoms with van der Waals surface area (Å²) in [7, 11) is 0. The molecule has 0 aromatic heterocycles. The zero-order chi connectivity index (χ0) is 11.4. The third kappa shape index (κ3) is 3.00. The van der Waals surface area contributed by atoms with Gasteiger partial charge in [0.25, 0.3) is 0 Å². The van der Waals surface area contributed by atoms with Crippen LogP contribution in [-0.2, 0) is 6.42 Å². The third-order valence-corrected chi connectivity index (χ3v) is 4.33. The lowest BCUT2D eigenvalue weighted by molar-refractivity contribution is 0.517. The summed E-state index contributed by atoms with van der Waals surface area (Å²) in [6, 6.07) is 9.26. The van der Waals surface area contributed by atoms with Crippen molar-refractivity contribution in [3.63, 3.8) is 0 Å². The zero-order valence-corrected chi connectivity index (χ0v) is 10.6. The van der Waals surface area contributed by atoms with Crippen LogP contribution in [0.15, 0.2) is 29.2 Å². The number of nitrogens with one attached hydrogen (secondary N) is 1. The van der Waals surface area contributed by atoms with Crippen molar-refractivity contribution in [1.82, 2.24) is 5.32 Å². The van der Waals surface area contributed by atoms with Crippen LogP contribution in [0.1, 0.15) is 18.9 Å². The van der Waals surface area contributed by atoms with Gasteiger partial charge >= 0.3 is 0 Å². The largest absolute Gasteiger partial charge is 0.330 e. The highest BCUT2D eigenvalue weighted by atomic mass is 32.2. The van der Waals surface area contributed by atoms with Gasteiger partial charge < -0.3 is 11.1 Å². The number of nitrogens with two attached hydrogens (primary N) is 1. The maximum Gasteiger partial charge on any atom is 0.0260 e. The lowest BCUT2D eigenvalue weighted by Crippen LogP contribution is -2.33. The molecule has 0 bridgehead atoms. The van der Waals surface area contributed by atoms with Gasteiger partial charge in [0.15, 0.2) is 0 Å². The molecular weight excluding hydrogens is 216 g/mol. The van der Waals surface area contributed by atoms with Crippen molar-refractivity contribution in [1.29, 1.82) is 0 Å². The summed E-state index contributed by atoms with van der Waals surface area (Å²) in [5.41, 5.74) is 7.04. The molecule has 3 N–H and O–H groups in total. The van der Waals surface area contributed by atoms with Crippen LogP contribution in [0.4, 0.5) is 0 Å². The maximum absolute atomic E-state index is 5.54. The Morgan fingerprint density at radius 2 is 2.31 bits per heavy atom. The Kier molecular flexibility index (Phi) is 4.27. The molecule has 3 heteroatoms. The second kappa shape index (κ2) is 5.71. The lowest BCUT2D eigenvalue weighted by atomic mass is 10.1. The van der Waals surface area contributed by atoms with Crippen LogP contribution in [0.25, 0.3) is 0 Å². The zero-order valence-electron chi connectivity index (χ0n) is 9.78. The van der Waals surface area contributed by atoms with Crippen molar-refractivity contribution < 1.29 is 0 Å². The Morgan fingerprint density at radius 1 is 1.50 bits per heavy atom. The Hall–Kier alpha value is -0.510. The monoisotopic (exact) mass is 236 g/mol. The minimum atomic E-state index is 0.536. The molecule has 0 fully saturated rings. The van der Waals surface area contributed by atoms with Gasteiger partial charge in [-0.25, -0.2) is 0 Å². The second-order valence-corrected chi connectivity index (χ2v) is 5.78. The van der Waals surface area contributed by atoms with E-state index in [1.165, 1.54) is 16.9 Å². The Bertz CT molecular complexity index is 315. The van der Waals surface area contributed by atoms with Gasteiger partial charge in [-0.05, 0) is 37.9 Å². The van der Waals surface area contributed by atoms with E-state index in [9.17, 15) is 0 Å². The van der Waals surface area contributed by atoms with Gasteiger partial charge in [-0.2, -0.15) is 0 Å². The second-order valence-electron chi connectivity index (χ2n) is 4.44. The summed E-state index contributed by atoms with van der Waals surface area (Å²) >= 11 is 2.00. The highest BCUT2D eigenvalue weighted by Crippen LogP contribution is 2.36. The van der Waals surface area contributed by atoms with Crippen molar-refractivity contribution >= 4 is 11.8 Å². The van der Waals surface area contributed by atoms with Crippen molar-refractivity contribution in [2.24, 2.45) is 5.73 Å². The molecule has 1 aromatic rings. The molecule has 1 aliphatic heterocycles. The van der Waals surface area contributed by atoms with Crippen LogP contribution in [0.2, 0.25) is 0 Å². The Morgan fingerprint density at radius 3 is 3.06 bits per heavy atom. The summed E-state index contributed by atoms with van der Waals surface area (Å²) in [5.74, 6) is 0. The minimum absolute atomic E-state index is 0.536. The van der Waals surface area contributed by atoms with Gasteiger partial charge in [-0.1, -0.05) is 18.2 Å². The molecule has 88 valence electrons. The van der Waals surface area contributed by atoms with Crippen molar-refractivity contribution in [2.45, 2.75) is 36.0 Å². The van der Waals surface area contributed by atoms with E-state index in [4.69, 9.17) is 5.73 Å². The van der Waals surface area contributed by atoms with Crippen LogP contribution >= 0.6 is 11.8 Å². The average molecular weight is 236 g/mol. The smallest absolute Gasteiger partial charge is 0.0260 e. The first-order chi connectivity index (χ1) is 7.79. The number of hydrogen-bond donors (Lipinski definition) is 2. The summed E-state index contributed by atoms with van der Waals surface area (Å²) < 4.78 is 0. The summed E-state index contributed by atoms with van der Waals surface area (Å²) in [6.45, 7) is 4.06. The fraction of sp³-hybridized carbons (Fsp3) is 0.538. The average Bonchev–Trinajstić information content (AvgIpc) is 2.69. The summed E-state index contributed by atoms with van der Waals surface area (Å²) in [6.07, 6.45) is 2.26. The van der Waals surface area contributed by atoms with E-state index >= 15 is 0 Å². The first-order valence-electron chi connectivity index (χ1n) is 5.97. The maximum atomic E-state index is 5.54. The fourth-order valence-electron chi connectivity index (χ4n) is 2.05. The molecule has 16 heavy (non-hydrogen) atoms. The summed E-state index contributed by atoms with van der Waals surface area (Å²) in [5, 5.41) is 4.25. The van der Waals surface area contributed by atoms with E-state index in [-0.39, 0.29) is 0 Å². The number of fused-ring (bicyclic) bond motifs is 1. The first kappa shape index (κ1) is 12.0. The van der Waals surface area contributed by atoms with Gasteiger partial charge in [0, 0.05) is 22.7 Å². The van der Waals surface area contributed by atoms with Gasteiger partial charge in [0.2, 0.25) is 0 Å². The van der Waals surface area contributed by atoms with Gasteiger partial charge in [0.1, 0.15) is 0 Å². The van der Waals surface area contributed by atoms with Crippen LogP contribution in [-0.4, -0.2) is 24.4 Å². The molecular formula is C13H20N2S. The van der Waals surface area contributed by atoms with Gasteiger partial charge in [-0.3, -0.25) is 0 Å². The number of thioether (sulfide) groups is 1. The normalized spacial score (nSPS) is 20.8. The highest BCUT2D eigenvalue weighted by Gasteiger charge is 2.21. The van der Waals surface area contributed by atoms with Crippen LogP contribution < -0.4 is 11.1 Å². The first-order valence-corrected chi connectivity index (χ1v) is 6.85. The molecule has 0 aliphatic carbocycles. The highest BCUT2D eigenvalue weighted by molar-refractivity contribution is 8.00. The third-order valence-electron chi connectivity index (χ3n) is 3.01. The number of rotatable bonds is 5. The van der Waals surface area contributed by atoms with E-state index < -0.39 is 0 Å². The molecule has 2 atom stereocenters. The van der Waals surface area contributed by atoms with E-state index in [1.807, 2.05) is 11.8 Å². The molecule has 1 aliphatic rings. The fourth-order valence-corrected chi connectivity index (χ4v) is 3.31. The number of benzene rings is 1. The quantitative estimate of drug-likeness (QED) is 0.821. The SMILES string of the molecule is CC(CCN)NCC1Cc2ccccc2S1. The topological polar surface area (TPSA) is 38.0 Å². The standard InChI is InChI=1S/C13H20N2S/c1-10(6-7-14)15-9-12-8-11-4-2-3-5-13(11)16-12/h2-5,10,12,15H,6-9,14H2,1H3. The predicted octanol–water partition coefficient (Wildman–Crippen LogP) is 2.03. The summed E-state index contributed by atoms with van der Waals surface area (Å²) in [4.78, 5) is 1.46. The predicted molar refractivity (Wildman–Crippen MR) is 70.9 cm³/mol. The molecule has 0 saturated heterocycles. The molecule has 1 heterocycles. The lowest BCUT2D eigenvalue weighted by Gasteiger charge is -2.15. The van der Waals surface area contributed by atoms with Crippen molar-refractivity contribution in [2.75, 3.05) is 13.1 Å². The Labute approximate surface area is 102 Å². The minimum Gasteiger partial charge on any atom is -0.330 e. The van der Waals surface area contributed by atoms with E-state index in [2.05, 4.69) is 36.5 Å². The van der Waals surface area contributed by atoms with E-state index in [0.29, 0.717) is 11.3 Å². The molecule has 0 spiro atoms. The molecule has 2 nitrogen and oxygen atoms in total. The molecule has 2 unspecified atom stereocenters. The van der Waals surface area contributed by atoms with E-state index in [1.54, 1.807) is 0 Å². The molecule has 0 radical (unpaired) electrons. The van der Waals surface area contributed by atoms with Gasteiger partial charge in [0.05, 0.1) is 0 Å². The molecule has 0 amide bonds. The molecule has 2 rings (SSSR count). The van der Waals surface area contributed by atoms with Crippen LogP contribution in [0.5, 0.6) is 0 Å². The molecule has 0 saturated carbocycles.